The number of carbonyl (C=O) groups excluding carboxylic acids is 2. The van der Waals surface area contributed by atoms with Gasteiger partial charge in [-0.25, -0.2) is 18.2 Å². The van der Waals surface area contributed by atoms with Gasteiger partial charge < -0.3 is 28.7 Å². The average Bonchev–Trinajstić information content (AvgIpc) is 3.39. The fourth-order valence-corrected chi connectivity index (χ4v) is 9.01. The highest BCUT2D eigenvalue weighted by Gasteiger charge is 2.61. The van der Waals surface area contributed by atoms with Crippen molar-refractivity contribution >= 4 is 27.7 Å². The van der Waals surface area contributed by atoms with Gasteiger partial charge in [0, 0.05) is 30.9 Å². The fourth-order valence-electron chi connectivity index (χ4n) is 7.44. The van der Waals surface area contributed by atoms with Crippen molar-refractivity contribution in [3.63, 3.8) is 0 Å². The smallest absolute Gasteiger partial charge is 0.411 e. The quantitative estimate of drug-likeness (QED) is 0.281. The van der Waals surface area contributed by atoms with Crippen LogP contribution in [0.5, 0.6) is 17.4 Å². The van der Waals surface area contributed by atoms with Crippen molar-refractivity contribution in [1.29, 1.82) is 5.26 Å². The summed E-state index contributed by atoms with van der Waals surface area (Å²) in [6, 6.07) is 13.5. The number of nitrogens with zero attached hydrogens (tertiary/aromatic N) is 5. The van der Waals surface area contributed by atoms with Crippen LogP contribution in [-0.4, -0.2) is 88.8 Å². The predicted octanol–water partition coefficient (Wildman–Crippen LogP) is 4.93. The number of hydrogen-bond donors (Lipinski definition) is 0. The van der Waals surface area contributed by atoms with Crippen molar-refractivity contribution in [2.45, 2.75) is 50.0 Å². The first kappa shape index (κ1) is 35.9. The third kappa shape index (κ3) is 6.56. The number of hydrogen-bond acceptors (Lipinski definition) is 11. The van der Waals surface area contributed by atoms with Crippen molar-refractivity contribution in [3.05, 3.63) is 71.4 Å². The lowest BCUT2D eigenvalue weighted by Crippen LogP contribution is -2.50. The largest absolute Gasteiger partial charge is 0.497 e. The number of benzene rings is 2. The zero-order valence-electron chi connectivity index (χ0n) is 29.3. The van der Waals surface area contributed by atoms with E-state index in [1.807, 2.05) is 0 Å². The number of carbonyl (C=O) groups is 2. The number of fused-ring (bicyclic) bond motifs is 1. The summed E-state index contributed by atoms with van der Waals surface area (Å²) in [7, 11) is -1.16. The van der Waals surface area contributed by atoms with E-state index in [4.69, 9.17) is 18.9 Å². The van der Waals surface area contributed by atoms with Crippen LogP contribution in [0.1, 0.15) is 56.2 Å². The number of methoxy groups -OCH3 is 1. The number of anilines is 1. The van der Waals surface area contributed by atoms with Crippen LogP contribution in [0.15, 0.2) is 59.6 Å². The molecule has 1 unspecified atom stereocenters. The number of ether oxygens (including phenoxy) is 4. The van der Waals surface area contributed by atoms with E-state index in [1.165, 1.54) is 55.8 Å². The van der Waals surface area contributed by atoms with Crippen LogP contribution in [0, 0.1) is 23.2 Å². The highest BCUT2D eigenvalue weighted by Crippen LogP contribution is 2.52. The number of amides is 2. The molecule has 0 aliphatic carbocycles. The maximum absolute atomic E-state index is 15.2. The Bertz CT molecular complexity index is 1930. The summed E-state index contributed by atoms with van der Waals surface area (Å²) in [6.07, 6.45) is 4.48. The van der Waals surface area contributed by atoms with E-state index in [0.717, 1.165) is 38.8 Å². The lowest BCUT2D eigenvalue weighted by atomic mass is 9.79. The molecule has 14 heteroatoms. The number of nitriles is 1. The molecule has 13 nitrogen and oxygen atoms in total. The Hall–Kier alpha value is -4.87. The molecule has 6 rings (SSSR count). The third-order valence-corrected chi connectivity index (χ3v) is 11.8. The Kier molecular flexibility index (Phi) is 10.4. The predicted molar refractivity (Wildman–Crippen MR) is 187 cm³/mol. The summed E-state index contributed by atoms with van der Waals surface area (Å²) in [5.74, 6) is 0.266. The minimum absolute atomic E-state index is 0.00916. The van der Waals surface area contributed by atoms with Crippen LogP contribution < -0.4 is 18.5 Å². The number of pyridine rings is 1. The Morgan fingerprint density at radius 2 is 1.65 bits per heavy atom. The number of sulfonamides is 1. The number of piperidine rings is 2. The van der Waals surface area contributed by atoms with Crippen LogP contribution in [0.4, 0.5) is 10.5 Å². The molecule has 3 aliphatic heterocycles. The average molecular weight is 718 g/mol. The van der Waals surface area contributed by atoms with Gasteiger partial charge in [0.1, 0.15) is 16.4 Å². The second-order valence-corrected chi connectivity index (χ2v) is 14.7. The van der Waals surface area contributed by atoms with Gasteiger partial charge in [-0.1, -0.05) is 0 Å². The highest BCUT2D eigenvalue weighted by molar-refractivity contribution is 7.93. The second kappa shape index (κ2) is 14.8. The van der Waals surface area contributed by atoms with E-state index >= 15 is 4.79 Å². The molecular formula is C37H43N5O8S. The van der Waals surface area contributed by atoms with Crippen LogP contribution in [0.25, 0.3) is 0 Å². The number of aromatic nitrogens is 1. The lowest BCUT2D eigenvalue weighted by Gasteiger charge is -2.40. The molecule has 4 heterocycles. The molecule has 3 aliphatic rings. The lowest BCUT2D eigenvalue weighted by molar-refractivity contribution is -0.132. The summed E-state index contributed by atoms with van der Waals surface area (Å²) in [4.78, 5) is 37.4. The van der Waals surface area contributed by atoms with E-state index < -0.39 is 27.6 Å². The molecule has 270 valence electrons. The van der Waals surface area contributed by atoms with E-state index in [0.29, 0.717) is 35.0 Å². The Labute approximate surface area is 298 Å². The van der Waals surface area contributed by atoms with Crippen molar-refractivity contribution in [3.8, 4) is 23.4 Å². The third-order valence-electron chi connectivity index (χ3n) is 10.1. The molecule has 1 aromatic heterocycles. The first-order chi connectivity index (χ1) is 24.6. The molecule has 2 aromatic carbocycles. The minimum atomic E-state index is -4.74. The molecule has 2 amide bonds. The van der Waals surface area contributed by atoms with Crippen LogP contribution in [-0.2, 0) is 25.2 Å². The van der Waals surface area contributed by atoms with Gasteiger partial charge in [-0.2, -0.15) is 9.57 Å². The van der Waals surface area contributed by atoms with Gasteiger partial charge in [0.15, 0.2) is 0 Å². The van der Waals surface area contributed by atoms with E-state index in [2.05, 4.69) is 23.0 Å². The van der Waals surface area contributed by atoms with Gasteiger partial charge in [0.05, 0.1) is 43.2 Å². The second-order valence-electron chi connectivity index (χ2n) is 13.0. The zero-order chi connectivity index (χ0) is 36.3. The van der Waals surface area contributed by atoms with Gasteiger partial charge in [-0.05, 0) is 114 Å². The maximum Gasteiger partial charge on any atom is 0.411 e. The fraction of sp³-hybridized carbons (Fsp3) is 0.459. The van der Waals surface area contributed by atoms with Crippen LogP contribution in [0.2, 0.25) is 0 Å². The zero-order valence-corrected chi connectivity index (χ0v) is 30.1. The minimum Gasteiger partial charge on any atom is -0.497 e. The maximum atomic E-state index is 15.2. The SMILES string of the molecule is CCOc1cc(OC)ccc1S(=O)(=O)N1C(=O)C(OC(=O)N2CCC(C3CCN(C)CC3)CC2)(c2cccnc2OCC)c2cc(C#N)ccc21. The molecular weight excluding hydrogens is 675 g/mol. The van der Waals surface area contributed by atoms with E-state index in [-0.39, 0.29) is 52.1 Å². The molecule has 2 fully saturated rings. The normalized spacial score (nSPS) is 20.1. The van der Waals surface area contributed by atoms with Crippen molar-refractivity contribution < 1.29 is 37.0 Å². The number of likely N-dealkylation sites (tertiary alicyclic amines) is 2. The van der Waals surface area contributed by atoms with Crippen molar-refractivity contribution in [2.24, 2.45) is 11.8 Å². The molecule has 2 saturated heterocycles. The molecule has 3 aromatic rings. The standard InChI is InChI=1S/C37H43N5O8S/c1-5-48-32-23-28(47-4)10-12-33(32)51(45,46)42-31-11-9-25(24-38)22-30(31)37(35(42)43,29-8-7-17-39-34(29)49-6-2)50-36(44)41-20-15-27(16-21-41)26-13-18-40(3)19-14-26/h7-12,17,22-23,26-27H,5-6,13-16,18-21H2,1-4H3. The summed E-state index contributed by atoms with van der Waals surface area (Å²) < 4.78 is 53.2. The molecule has 0 bridgehead atoms. The van der Waals surface area contributed by atoms with Gasteiger partial charge in [-0.15, -0.1) is 0 Å². The molecule has 51 heavy (non-hydrogen) atoms. The summed E-state index contributed by atoms with van der Waals surface area (Å²) in [5, 5.41) is 9.94. The highest BCUT2D eigenvalue weighted by atomic mass is 32.2. The molecule has 0 N–H and O–H groups in total. The van der Waals surface area contributed by atoms with Crippen LogP contribution in [0.3, 0.4) is 0 Å². The van der Waals surface area contributed by atoms with E-state index in [9.17, 15) is 18.5 Å². The van der Waals surface area contributed by atoms with Crippen LogP contribution >= 0.6 is 0 Å². The topological polar surface area (TPSA) is 152 Å². The summed E-state index contributed by atoms with van der Waals surface area (Å²) in [6.45, 7) is 6.67. The molecule has 0 radical (unpaired) electrons. The van der Waals surface area contributed by atoms with Crippen molar-refractivity contribution in [1.82, 2.24) is 14.8 Å². The van der Waals surface area contributed by atoms with Gasteiger partial charge in [0.2, 0.25) is 5.88 Å². The van der Waals surface area contributed by atoms with Gasteiger partial charge in [0.25, 0.3) is 21.5 Å². The van der Waals surface area contributed by atoms with Gasteiger partial charge in [-0.3, -0.25) is 4.79 Å². The van der Waals surface area contributed by atoms with E-state index in [1.54, 1.807) is 24.8 Å². The summed E-state index contributed by atoms with van der Waals surface area (Å²) in [5.41, 5.74) is -2.32. The van der Waals surface area contributed by atoms with Gasteiger partial charge >= 0.3 is 6.09 Å². The Morgan fingerprint density at radius 3 is 2.29 bits per heavy atom. The number of rotatable bonds is 10. The first-order valence-corrected chi connectivity index (χ1v) is 18.7. The Balaban J connectivity index is 1.46. The Morgan fingerprint density at radius 1 is 0.961 bits per heavy atom. The summed E-state index contributed by atoms with van der Waals surface area (Å²) >= 11 is 0. The van der Waals surface area contributed by atoms with Crippen molar-refractivity contribution in [2.75, 3.05) is 57.9 Å². The molecule has 1 atom stereocenters. The monoisotopic (exact) mass is 717 g/mol. The molecule has 0 saturated carbocycles. The molecule has 0 spiro atoms. The first-order valence-electron chi connectivity index (χ1n) is 17.3.